The van der Waals surface area contributed by atoms with Gasteiger partial charge in [-0.25, -0.2) is 4.98 Å². The Morgan fingerprint density at radius 2 is 1.87 bits per heavy atom. The van der Waals surface area contributed by atoms with Crippen molar-refractivity contribution in [2.75, 3.05) is 11.9 Å². The summed E-state index contributed by atoms with van der Waals surface area (Å²) in [5, 5.41) is 2.99. The quantitative estimate of drug-likeness (QED) is 0.526. The lowest BCUT2D eigenvalue weighted by molar-refractivity contribution is 0.102. The van der Waals surface area contributed by atoms with Crippen LogP contribution < -0.4 is 15.6 Å². The number of furan rings is 1. The molecule has 2 heterocycles. The third-order valence-electron chi connectivity index (χ3n) is 4.70. The minimum absolute atomic E-state index is 0.152. The Bertz CT molecular complexity index is 1240. The zero-order valence-electron chi connectivity index (χ0n) is 16.7. The number of carbonyl (C=O) groups excluding carboxylic acids is 1. The lowest BCUT2D eigenvalue weighted by Crippen LogP contribution is -2.23. The zero-order valence-corrected chi connectivity index (χ0v) is 16.7. The number of carbonyl (C=O) groups is 1. The average molecular weight is 403 g/mol. The number of aromatic nitrogens is 2. The summed E-state index contributed by atoms with van der Waals surface area (Å²) in [5.41, 5.74) is 1.57. The van der Waals surface area contributed by atoms with Crippen molar-refractivity contribution in [1.82, 2.24) is 9.55 Å². The van der Waals surface area contributed by atoms with E-state index in [0.29, 0.717) is 30.3 Å². The number of hydrogen-bond donors (Lipinski definition) is 1. The van der Waals surface area contributed by atoms with Crippen LogP contribution in [0.25, 0.3) is 11.1 Å². The van der Waals surface area contributed by atoms with Crippen LogP contribution in [-0.4, -0.2) is 22.1 Å². The first kappa shape index (κ1) is 19.4. The van der Waals surface area contributed by atoms with E-state index in [-0.39, 0.29) is 22.2 Å². The van der Waals surface area contributed by atoms with Crippen LogP contribution in [0.3, 0.4) is 0 Å². The van der Waals surface area contributed by atoms with Gasteiger partial charge < -0.3 is 14.5 Å². The van der Waals surface area contributed by atoms with Gasteiger partial charge in [-0.05, 0) is 43.7 Å². The number of hydrogen-bond acceptors (Lipinski definition) is 5. The van der Waals surface area contributed by atoms with E-state index in [0.717, 1.165) is 5.56 Å². The molecule has 0 atom stereocenters. The molecule has 0 saturated carbocycles. The number of benzene rings is 2. The Hall–Kier alpha value is -3.87. The molecule has 0 radical (unpaired) electrons. The summed E-state index contributed by atoms with van der Waals surface area (Å²) in [6.45, 7) is 4.47. The molecule has 30 heavy (non-hydrogen) atoms. The SMILES string of the molecule is CCOc1ccc(NC(=O)c2c(C)oc3ncn(Cc4ccccc4)c(=O)c23)cc1. The number of rotatable bonds is 6. The maximum atomic E-state index is 13.1. The van der Waals surface area contributed by atoms with Crippen LogP contribution in [0.15, 0.2) is 70.1 Å². The molecule has 0 unspecified atom stereocenters. The van der Waals surface area contributed by atoms with Crippen LogP contribution in [0.5, 0.6) is 5.75 Å². The van der Waals surface area contributed by atoms with Crippen molar-refractivity contribution in [3.63, 3.8) is 0 Å². The number of anilines is 1. The molecule has 4 rings (SSSR count). The summed E-state index contributed by atoms with van der Waals surface area (Å²) < 4.78 is 12.5. The smallest absolute Gasteiger partial charge is 0.265 e. The zero-order chi connectivity index (χ0) is 21.1. The molecular formula is C23H21N3O4. The summed E-state index contributed by atoms with van der Waals surface area (Å²) in [4.78, 5) is 30.3. The highest BCUT2D eigenvalue weighted by molar-refractivity contribution is 6.12. The summed E-state index contributed by atoms with van der Waals surface area (Å²) in [5.74, 6) is 0.635. The predicted octanol–water partition coefficient (Wildman–Crippen LogP) is 4.00. The van der Waals surface area contributed by atoms with E-state index in [4.69, 9.17) is 9.15 Å². The van der Waals surface area contributed by atoms with Gasteiger partial charge in [0.1, 0.15) is 23.2 Å². The molecular weight excluding hydrogens is 382 g/mol. The van der Waals surface area contributed by atoms with Crippen molar-refractivity contribution >= 4 is 22.7 Å². The number of aryl methyl sites for hydroxylation is 1. The highest BCUT2D eigenvalue weighted by Gasteiger charge is 2.23. The molecule has 2 aromatic carbocycles. The Morgan fingerprint density at radius 3 is 2.57 bits per heavy atom. The van der Waals surface area contributed by atoms with E-state index in [1.165, 1.54) is 10.9 Å². The molecule has 0 spiro atoms. The fourth-order valence-electron chi connectivity index (χ4n) is 3.30. The van der Waals surface area contributed by atoms with Crippen LogP contribution in [0, 0.1) is 6.92 Å². The van der Waals surface area contributed by atoms with Gasteiger partial charge in [-0.1, -0.05) is 30.3 Å². The van der Waals surface area contributed by atoms with Gasteiger partial charge in [-0.2, -0.15) is 0 Å². The second-order valence-electron chi connectivity index (χ2n) is 6.79. The van der Waals surface area contributed by atoms with Crippen molar-refractivity contribution in [1.29, 1.82) is 0 Å². The first-order valence-electron chi connectivity index (χ1n) is 9.63. The maximum Gasteiger partial charge on any atom is 0.265 e. The standard InChI is InChI=1S/C23H21N3O4/c1-3-29-18-11-9-17(10-12-18)25-21(27)19-15(2)30-22-20(19)23(28)26(14-24-22)13-16-7-5-4-6-8-16/h4-12,14H,3,13H2,1-2H3,(H,25,27). The fraction of sp³-hybridized carbons (Fsp3) is 0.174. The normalized spacial score (nSPS) is 10.9. The Kier molecular flexibility index (Phi) is 5.34. The third kappa shape index (κ3) is 3.82. The molecule has 0 saturated heterocycles. The van der Waals surface area contributed by atoms with E-state index < -0.39 is 5.91 Å². The number of fused-ring (bicyclic) bond motifs is 1. The van der Waals surface area contributed by atoms with Crippen molar-refractivity contribution < 1.29 is 13.9 Å². The molecule has 7 heteroatoms. The summed E-state index contributed by atoms with van der Waals surface area (Å²) >= 11 is 0. The molecule has 0 bridgehead atoms. The molecule has 0 fully saturated rings. The van der Waals surface area contributed by atoms with Crippen LogP contribution in [-0.2, 0) is 6.54 Å². The van der Waals surface area contributed by atoms with Gasteiger partial charge in [0.25, 0.3) is 11.5 Å². The van der Waals surface area contributed by atoms with E-state index in [9.17, 15) is 9.59 Å². The van der Waals surface area contributed by atoms with E-state index in [1.54, 1.807) is 31.2 Å². The molecule has 0 aliphatic carbocycles. The number of ether oxygens (including phenoxy) is 1. The summed E-state index contributed by atoms with van der Waals surface area (Å²) in [7, 11) is 0. The number of amides is 1. The predicted molar refractivity (Wildman–Crippen MR) is 114 cm³/mol. The Balaban J connectivity index is 1.67. The largest absolute Gasteiger partial charge is 0.494 e. The highest BCUT2D eigenvalue weighted by atomic mass is 16.5. The molecule has 0 aliphatic rings. The van der Waals surface area contributed by atoms with E-state index in [1.807, 2.05) is 37.3 Å². The van der Waals surface area contributed by atoms with Crippen molar-refractivity contribution in [3.8, 4) is 5.75 Å². The molecule has 2 aromatic heterocycles. The molecule has 1 N–H and O–H groups in total. The van der Waals surface area contributed by atoms with Crippen LogP contribution in [0.1, 0.15) is 28.6 Å². The fourth-order valence-corrected chi connectivity index (χ4v) is 3.30. The van der Waals surface area contributed by atoms with Gasteiger partial charge in [0, 0.05) is 5.69 Å². The van der Waals surface area contributed by atoms with Crippen LogP contribution in [0.2, 0.25) is 0 Å². The maximum absolute atomic E-state index is 13.1. The first-order valence-corrected chi connectivity index (χ1v) is 9.63. The average Bonchev–Trinajstić information content (AvgIpc) is 3.09. The second kappa shape index (κ2) is 8.24. The van der Waals surface area contributed by atoms with Gasteiger partial charge in [0.05, 0.1) is 18.7 Å². The Labute approximate surface area is 172 Å². The Morgan fingerprint density at radius 1 is 1.13 bits per heavy atom. The minimum Gasteiger partial charge on any atom is -0.494 e. The van der Waals surface area contributed by atoms with Crippen molar-refractivity contribution in [2.24, 2.45) is 0 Å². The first-order chi connectivity index (χ1) is 14.6. The summed E-state index contributed by atoms with van der Waals surface area (Å²) in [6, 6.07) is 16.6. The molecule has 1 amide bonds. The minimum atomic E-state index is -0.424. The van der Waals surface area contributed by atoms with Gasteiger partial charge in [0.2, 0.25) is 5.71 Å². The van der Waals surface area contributed by atoms with Crippen molar-refractivity contribution in [2.45, 2.75) is 20.4 Å². The molecule has 0 aliphatic heterocycles. The topological polar surface area (TPSA) is 86.4 Å². The van der Waals surface area contributed by atoms with E-state index >= 15 is 0 Å². The number of nitrogens with one attached hydrogen (secondary N) is 1. The van der Waals surface area contributed by atoms with Crippen molar-refractivity contribution in [3.05, 3.63) is 88.2 Å². The van der Waals surface area contributed by atoms with Gasteiger partial charge in [-0.3, -0.25) is 14.2 Å². The molecule has 152 valence electrons. The number of nitrogens with zero attached hydrogens (tertiary/aromatic N) is 2. The lowest BCUT2D eigenvalue weighted by Gasteiger charge is -2.08. The van der Waals surface area contributed by atoms with Gasteiger partial charge in [0.15, 0.2) is 0 Å². The van der Waals surface area contributed by atoms with Gasteiger partial charge in [-0.15, -0.1) is 0 Å². The van der Waals surface area contributed by atoms with Crippen LogP contribution in [0.4, 0.5) is 5.69 Å². The molecule has 4 aromatic rings. The third-order valence-corrected chi connectivity index (χ3v) is 4.70. The lowest BCUT2D eigenvalue weighted by atomic mass is 10.1. The highest BCUT2D eigenvalue weighted by Crippen LogP contribution is 2.23. The molecule has 7 nitrogen and oxygen atoms in total. The second-order valence-corrected chi connectivity index (χ2v) is 6.79. The summed E-state index contributed by atoms with van der Waals surface area (Å²) in [6.07, 6.45) is 1.44. The van der Waals surface area contributed by atoms with Crippen LogP contribution >= 0.6 is 0 Å². The van der Waals surface area contributed by atoms with Gasteiger partial charge >= 0.3 is 0 Å². The van der Waals surface area contributed by atoms with E-state index in [2.05, 4.69) is 10.3 Å². The monoisotopic (exact) mass is 403 g/mol.